The Balaban J connectivity index is 2.17. The van der Waals surface area contributed by atoms with Crippen molar-refractivity contribution < 1.29 is 9.47 Å². The molecule has 0 bridgehead atoms. The van der Waals surface area contributed by atoms with E-state index in [1.54, 1.807) is 7.11 Å². The first-order valence-electron chi connectivity index (χ1n) is 6.99. The molecule has 1 aliphatic carbocycles. The largest absolute Gasteiger partial charge is 0.382 e. The fourth-order valence-electron chi connectivity index (χ4n) is 3.08. The van der Waals surface area contributed by atoms with E-state index in [0.717, 1.165) is 25.5 Å². The first-order valence-corrected chi connectivity index (χ1v) is 6.99. The maximum atomic E-state index is 6.00. The van der Waals surface area contributed by atoms with Crippen LogP contribution in [0.4, 0.5) is 0 Å². The van der Waals surface area contributed by atoms with Gasteiger partial charge in [-0.2, -0.15) is 0 Å². The monoisotopic (exact) mass is 243 g/mol. The van der Waals surface area contributed by atoms with Crippen molar-refractivity contribution in [1.82, 2.24) is 0 Å². The van der Waals surface area contributed by atoms with Gasteiger partial charge in [-0.1, -0.05) is 19.8 Å². The van der Waals surface area contributed by atoms with E-state index in [1.807, 2.05) is 0 Å². The van der Waals surface area contributed by atoms with E-state index in [9.17, 15) is 0 Å². The van der Waals surface area contributed by atoms with E-state index in [4.69, 9.17) is 15.2 Å². The van der Waals surface area contributed by atoms with Crippen molar-refractivity contribution in [3.05, 3.63) is 0 Å². The van der Waals surface area contributed by atoms with E-state index < -0.39 is 0 Å². The second kappa shape index (κ2) is 8.06. The molecule has 2 unspecified atom stereocenters. The molecule has 102 valence electrons. The summed E-state index contributed by atoms with van der Waals surface area (Å²) in [6, 6.07) is 0. The molecule has 1 rings (SSSR count). The van der Waals surface area contributed by atoms with Crippen molar-refractivity contribution >= 4 is 0 Å². The van der Waals surface area contributed by atoms with Gasteiger partial charge < -0.3 is 15.2 Å². The van der Waals surface area contributed by atoms with Crippen LogP contribution in [0.1, 0.15) is 45.4 Å². The van der Waals surface area contributed by atoms with Gasteiger partial charge in [-0.05, 0) is 43.6 Å². The summed E-state index contributed by atoms with van der Waals surface area (Å²) in [5.41, 5.74) is 6.41. The summed E-state index contributed by atoms with van der Waals surface area (Å²) in [7, 11) is 1.70. The first kappa shape index (κ1) is 14.9. The van der Waals surface area contributed by atoms with Gasteiger partial charge in [0.2, 0.25) is 0 Å². The van der Waals surface area contributed by atoms with Crippen LogP contribution in [0.5, 0.6) is 0 Å². The average Bonchev–Trinajstić information content (AvgIpc) is 2.34. The Hall–Kier alpha value is -0.120. The Bertz CT molecular complexity index is 199. The van der Waals surface area contributed by atoms with Crippen LogP contribution in [0, 0.1) is 11.3 Å². The third-order valence-corrected chi connectivity index (χ3v) is 4.05. The van der Waals surface area contributed by atoms with Gasteiger partial charge in [0.15, 0.2) is 0 Å². The Morgan fingerprint density at radius 3 is 2.76 bits per heavy atom. The zero-order valence-electron chi connectivity index (χ0n) is 11.5. The zero-order chi connectivity index (χ0) is 12.6. The van der Waals surface area contributed by atoms with Crippen molar-refractivity contribution in [2.45, 2.75) is 45.4 Å². The van der Waals surface area contributed by atoms with Crippen LogP contribution in [0.2, 0.25) is 0 Å². The van der Waals surface area contributed by atoms with Gasteiger partial charge in [-0.25, -0.2) is 0 Å². The Kier molecular flexibility index (Phi) is 7.09. The highest BCUT2D eigenvalue weighted by Crippen LogP contribution is 2.41. The highest BCUT2D eigenvalue weighted by molar-refractivity contribution is 4.86. The van der Waals surface area contributed by atoms with E-state index in [1.165, 1.54) is 32.1 Å². The number of methoxy groups -OCH3 is 1. The SMILES string of the molecule is COCCOCCCC1(CN)CCCC(C)C1. The van der Waals surface area contributed by atoms with Gasteiger partial charge in [0.25, 0.3) is 0 Å². The summed E-state index contributed by atoms with van der Waals surface area (Å²) >= 11 is 0. The quantitative estimate of drug-likeness (QED) is 0.666. The molecule has 3 heteroatoms. The molecule has 3 nitrogen and oxygen atoms in total. The molecule has 0 amide bonds. The predicted molar refractivity (Wildman–Crippen MR) is 71.0 cm³/mol. The molecule has 17 heavy (non-hydrogen) atoms. The number of rotatable bonds is 8. The van der Waals surface area contributed by atoms with E-state index in [0.29, 0.717) is 18.6 Å². The van der Waals surface area contributed by atoms with Crippen LogP contribution in [-0.4, -0.2) is 33.5 Å². The number of hydrogen-bond acceptors (Lipinski definition) is 3. The van der Waals surface area contributed by atoms with Crippen LogP contribution in [0.3, 0.4) is 0 Å². The Morgan fingerprint density at radius 2 is 2.12 bits per heavy atom. The summed E-state index contributed by atoms with van der Waals surface area (Å²) in [6.45, 7) is 5.45. The van der Waals surface area contributed by atoms with Gasteiger partial charge in [-0.3, -0.25) is 0 Å². The second-order valence-electron chi connectivity index (χ2n) is 5.61. The number of nitrogens with two attached hydrogens (primary N) is 1. The van der Waals surface area contributed by atoms with Crippen molar-refractivity contribution in [1.29, 1.82) is 0 Å². The fourth-order valence-corrected chi connectivity index (χ4v) is 3.08. The Labute approximate surface area is 106 Å². The van der Waals surface area contributed by atoms with E-state index in [2.05, 4.69) is 6.92 Å². The summed E-state index contributed by atoms with van der Waals surface area (Å²) in [5, 5.41) is 0. The average molecular weight is 243 g/mol. The lowest BCUT2D eigenvalue weighted by Gasteiger charge is -2.39. The van der Waals surface area contributed by atoms with Gasteiger partial charge in [-0.15, -0.1) is 0 Å². The minimum Gasteiger partial charge on any atom is -0.382 e. The van der Waals surface area contributed by atoms with Crippen molar-refractivity contribution in [3.8, 4) is 0 Å². The highest BCUT2D eigenvalue weighted by Gasteiger charge is 2.32. The van der Waals surface area contributed by atoms with Crippen molar-refractivity contribution in [2.75, 3.05) is 33.5 Å². The zero-order valence-corrected chi connectivity index (χ0v) is 11.5. The maximum Gasteiger partial charge on any atom is 0.0700 e. The topological polar surface area (TPSA) is 44.5 Å². The minimum atomic E-state index is 0.405. The lowest BCUT2D eigenvalue weighted by atomic mass is 9.68. The molecule has 1 aliphatic rings. The smallest absolute Gasteiger partial charge is 0.0700 e. The molecular formula is C14H29NO2. The number of hydrogen-bond donors (Lipinski definition) is 1. The highest BCUT2D eigenvalue weighted by atomic mass is 16.5. The van der Waals surface area contributed by atoms with Gasteiger partial charge in [0.1, 0.15) is 0 Å². The summed E-state index contributed by atoms with van der Waals surface area (Å²) in [6.07, 6.45) is 7.71. The molecule has 0 aromatic rings. The lowest BCUT2D eigenvalue weighted by molar-refractivity contribution is 0.0575. The molecule has 1 fully saturated rings. The summed E-state index contributed by atoms with van der Waals surface area (Å²) in [4.78, 5) is 0. The molecule has 0 radical (unpaired) electrons. The molecule has 0 aliphatic heterocycles. The minimum absolute atomic E-state index is 0.405. The summed E-state index contributed by atoms with van der Waals surface area (Å²) < 4.78 is 10.5. The van der Waals surface area contributed by atoms with Gasteiger partial charge >= 0.3 is 0 Å². The molecule has 0 aromatic carbocycles. The third-order valence-electron chi connectivity index (χ3n) is 4.05. The molecule has 2 N–H and O–H groups in total. The maximum absolute atomic E-state index is 6.00. The Morgan fingerprint density at radius 1 is 1.29 bits per heavy atom. The van der Waals surface area contributed by atoms with Gasteiger partial charge in [0, 0.05) is 13.7 Å². The van der Waals surface area contributed by atoms with E-state index in [-0.39, 0.29) is 0 Å². The first-order chi connectivity index (χ1) is 8.22. The third kappa shape index (κ3) is 5.36. The molecule has 0 aromatic heterocycles. The summed E-state index contributed by atoms with van der Waals surface area (Å²) in [5.74, 6) is 0.849. The van der Waals surface area contributed by atoms with Crippen LogP contribution >= 0.6 is 0 Å². The molecule has 1 saturated carbocycles. The van der Waals surface area contributed by atoms with E-state index >= 15 is 0 Å². The van der Waals surface area contributed by atoms with Crippen molar-refractivity contribution in [2.24, 2.45) is 17.1 Å². The van der Waals surface area contributed by atoms with Crippen LogP contribution < -0.4 is 5.73 Å². The molecule has 2 atom stereocenters. The molecule has 0 saturated heterocycles. The van der Waals surface area contributed by atoms with Crippen molar-refractivity contribution in [3.63, 3.8) is 0 Å². The van der Waals surface area contributed by atoms with Crippen LogP contribution in [0.25, 0.3) is 0 Å². The standard InChI is InChI=1S/C14H29NO2/c1-13-5-3-6-14(11-13,12-15)7-4-8-17-10-9-16-2/h13H,3-12,15H2,1-2H3. The fraction of sp³-hybridized carbons (Fsp3) is 1.00. The normalized spacial score (nSPS) is 29.5. The molecule has 0 heterocycles. The van der Waals surface area contributed by atoms with Crippen LogP contribution in [-0.2, 0) is 9.47 Å². The van der Waals surface area contributed by atoms with Gasteiger partial charge in [0.05, 0.1) is 13.2 Å². The predicted octanol–water partition coefficient (Wildman–Crippen LogP) is 2.58. The molecule has 0 spiro atoms. The lowest BCUT2D eigenvalue weighted by Crippen LogP contribution is -2.35. The number of ether oxygens (including phenoxy) is 2. The van der Waals surface area contributed by atoms with Crippen LogP contribution in [0.15, 0.2) is 0 Å². The second-order valence-corrected chi connectivity index (χ2v) is 5.61. The molecular weight excluding hydrogens is 214 g/mol.